The van der Waals surface area contributed by atoms with Crippen LogP contribution in [0.2, 0.25) is 0 Å². The fraction of sp³-hybridized carbons (Fsp3) is 0.424. The average Bonchev–Trinajstić information content (AvgIpc) is 4.40. The Morgan fingerprint density at radius 3 is 1.16 bits per heavy atom. The van der Waals surface area contributed by atoms with Crippen molar-refractivity contribution in [3.63, 3.8) is 0 Å². The van der Waals surface area contributed by atoms with E-state index in [9.17, 15) is 19.2 Å². The molecule has 3 aromatic carbocycles. The van der Waals surface area contributed by atoms with Gasteiger partial charge in [-0.15, -0.1) is 45.3 Å². The normalized spacial score (nSPS) is 14.1. The first kappa shape index (κ1) is 55.5. The van der Waals surface area contributed by atoms with Gasteiger partial charge < -0.3 is 9.47 Å². The van der Waals surface area contributed by atoms with Crippen LogP contribution < -0.4 is 9.47 Å². The van der Waals surface area contributed by atoms with Crippen molar-refractivity contribution in [3.8, 4) is 31.0 Å². The van der Waals surface area contributed by atoms with Gasteiger partial charge in [-0.3, -0.25) is 19.2 Å². The molecule has 0 spiro atoms. The van der Waals surface area contributed by atoms with Crippen LogP contribution in [0.1, 0.15) is 207 Å². The number of hydrogen-bond donors (Lipinski definition) is 0. The Hall–Kier alpha value is -5.26. The molecular weight excluding hydrogens is 1020 g/mol. The number of benzene rings is 3. The van der Waals surface area contributed by atoms with Crippen LogP contribution in [-0.4, -0.2) is 36.3 Å². The van der Waals surface area contributed by atoms with Gasteiger partial charge in [-0.2, -0.15) is 0 Å². The number of ether oxygens (including phenoxy) is 2. The number of rotatable bonds is 28. The van der Waals surface area contributed by atoms with Crippen molar-refractivity contribution in [2.24, 2.45) is 11.8 Å². The zero-order valence-electron chi connectivity index (χ0n) is 45.5. The Morgan fingerprint density at radius 2 is 0.816 bits per heavy atom. The molecule has 0 fully saturated rings. The second-order valence-corrected chi connectivity index (χ2v) is 25.2. The first-order valence-corrected chi connectivity index (χ1v) is 31.7. The van der Waals surface area contributed by atoms with Gasteiger partial charge in [0.2, 0.25) is 0 Å². The molecule has 4 heterocycles. The summed E-state index contributed by atoms with van der Waals surface area (Å²) in [5, 5.41) is 2.11. The fourth-order valence-corrected chi connectivity index (χ4v) is 15.7. The highest BCUT2D eigenvalue weighted by Crippen LogP contribution is 2.55. The number of hydrogen-bond acceptors (Lipinski definition) is 10. The number of ketones is 4. The largest absolute Gasteiger partial charge is 0.491 e. The number of carbonyl (C=O) groups is 4. The molecule has 0 aliphatic heterocycles. The van der Waals surface area contributed by atoms with Crippen LogP contribution >= 0.6 is 45.3 Å². The summed E-state index contributed by atoms with van der Waals surface area (Å²) in [5.74, 6) is 1.79. The van der Waals surface area contributed by atoms with Crippen LogP contribution in [0.4, 0.5) is 0 Å². The highest BCUT2D eigenvalue weighted by molar-refractivity contribution is 7.28. The van der Waals surface area contributed by atoms with E-state index in [-0.39, 0.29) is 34.3 Å². The van der Waals surface area contributed by atoms with E-state index >= 15 is 0 Å². The van der Waals surface area contributed by atoms with Crippen LogP contribution in [0, 0.1) is 11.8 Å². The summed E-state index contributed by atoms with van der Waals surface area (Å²) < 4.78 is 16.7. The summed E-state index contributed by atoms with van der Waals surface area (Å²) >= 11 is 6.87. The Balaban J connectivity index is 1.21. The minimum atomic E-state index is -0.206. The van der Waals surface area contributed by atoms with Gasteiger partial charge in [-0.05, 0) is 97.9 Å². The van der Waals surface area contributed by atoms with Crippen molar-refractivity contribution < 1.29 is 28.7 Å². The molecule has 9 rings (SSSR count). The van der Waals surface area contributed by atoms with Gasteiger partial charge in [0.05, 0.1) is 33.8 Å². The monoisotopic (exact) mass is 1090 g/mol. The van der Waals surface area contributed by atoms with E-state index in [1.807, 2.05) is 36.4 Å². The van der Waals surface area contributed by atoms with Crippen molar-refractivity contribution in [3.05, 3.63) is 127 Å². The molecule has 2 unspecified atom stereocenters. The number of unbranched alkanes of at least 4 members (excludes halogenated alkanes) is 8. The molecule has 0 saturated carbocycles. The van der Waals surface area contributed by atoms with Crippen LogP contribution in [0.15, 0.2) is 83.9 Å². The smallest absolute Gasteiger partial charge is 0.197 e. The average molecular weight is 1090 g/mol. The zero-order chi connectivity index (χ0) is 53.3. The maximum Gasteiger partial charge on any atom is 0.197 e. The summed E-state index contributed by atoms with van der Waals surface area (Å²) in [6, 6.07) is 23.4. The summed E-state index contributed by atoms with van der Waals surface area (Å²) in [6.45, 7) is 14.8. The third-order valence-electron chi connectivity index (χ3n) is 15.5. The standard InChI is InChI=1S/C66H74O6S4/c1-7-13-17-19-27-43-33-45(35-51-57(67)47-29-21-22-30-48(47)58(51)68)73-63(43)55-37-53-61(71-39-41(11-5)25-15-9-3)66-54(62(65(53)75-55)72-40-42(12-6)26-16-10-4)38-56(76-66)64-44(28-20-18-14-8-2)34-46(74-64)36-52-59(69)49-31-23-24-32-50(49)60(52)70/h21-24,29-38,41-42H,7-20,25-28,39-40H2,1-6H3. The Morgan fingerprint density at radius 1 is 0.447 bits per heavy atom. The quantitative estimate of drug-likeness (QED) is 0.0276. The summed E-state index contributed by atoms with van der Waals surface area (Å²) in [6.07, 6.45) is 23.4. The van der Waals surface area contributed by atoms with Crippen LogP contribution in [-0.2, 0) is 12.8 Å². The van der Waals surface area contributed by atoms with Gasteiger partial charge >= 0.3 is 0 Å². The zero-order valence-corrected chi connectivity index (χ0v) is 48.7. The van der Waals surface area contributed by atoms with Crippen molar-refractivity contribution in [1.82, 2.24) is 0 Å². The topological polar surface area (TPSA) is 86.7 Å². The fourth-order valence-electron chi connectivity index (χ4n) is 10.8. The van der Waals surface area contributed by atoms with E-state index in [4.69, 9.17) is 9.47 Å². The number of carbonyl (C=O) groups excluding carboxylic acids is 4. The molecular formula is C66H74O6S4. The number of aryl methyl sites for hydroxylation is 2. The lowest BCUT2D eigenvalue weighted by Gasteiger charge is -2.19. The lowest BCUT2D eigenvalue weighted by molar-refractivity contribution is 0.0975. The minimum absolute atomic E-state index is 0.206. The Bertz CT molecular complexity index is 2950. The second kappa shape index (κ2) is 25.9. The molecule has 0 radical (unpaired) electrons. The molecule has 2 aliphatic rings. The summed E-state index contributed by atoms with van der Waals surface area (Å²) in [7, 11) is 0. The maximum atomic E-state index is 13.7. The summed E-state index contributed by atoms with van der Waals surface area (Å²) in [4.78, 5) is 61.1. The maximum absolute atomic E-state index is 13.7. The van der Waals surface area contributed by atoms with Crippen LogP contribution in [0.5, 0.6) is 11.5 Å². The highest BCUT2D eigenvalue weighted by Gasteiger charge is 2.35. The van der Waals surface area contributed by atoms with Crippen molar-refractivity contribution in [2.75, 3.05) is 13.2 Å². The third-order valence-corrected chi connectivity index (χ3v) is 20.3. The van der Waals surface area contributed by atoms with E-state index < -0.39 is 0 Å². The van der Waals surface area contributed by atoms with E-state index in [1.54, 1.807) is 69.6 Å². The molecule has 6 nitrogen and oxygen atoms in total. The van der Waals surface area contributed by atoms with Crippen molar-refractivity contribution in [1.29, 1.82) is 0 Å². The van der Waals surface area contributed by atoms with Crippen LogP contribution in [0.3, 0.4) is 0 Å². The first-order chi connectivity index (χ1) is 37.1. The lowest BCUT2D eigenvalue weighted by atomic mass is 10.0. The minimum Gasteiger partial charge on any atom is -0.491 e. The van der Waals surface area contributed by atoms with Crippen molar-refractivity contribution >= 4 is 101 Å². The lowest BCUT2D eigenvalue weighted by Crippen LogP contribution is -2.12. The molecule has 398 valence electrons. The molecule has 2 atom stereocenters. The number of fused-ring (bicyclic) bond motifs is 4. The van der Waals surface area contributed by atoms with Gasteiger partial charge in [0.15, 0.2) is 23.1 Å². The van der Waals surface area contributed by atoms with E-state index in [1.165, 1.54) is 33.7 Å². The number of Topliss-reactive ketones (excluding diaryl/α,β-unsaturated/α-hetero) is 4. The van der Waals surface area contributed by atoms with Gasteiger partial charge in [-0.25, -0.2) is 0 Å². The molecule has 2 aliphatic carbocycles. The number of allylic oxidation sites excluding steroid dienone is 2. The van der Waals surface area contributed by atoms with Gasteiger partial charge in [0, 0.05) is 62.3 Å². The number of thiophene rings is 4. The highest BCUT2D eigenvalue weighted by atomic mass is 32.1. The van der Waals surface area contributed by atoms with E-state index in [2.05, 4.69) is 65.8 Å². The first-order valence-electron chi connectivity index (χ1n) is 28.5. The summed E-state index contributed by atoms with van der Waals surface area (Å²) in [5.41, 5.74) is 4.85. The predicted molar refractivity (Wildman–Crippen MR) is 323 cm³/mol. The second-order valence-electron chi connectivity index (χ2n) is 21.0. The predicted octanol–water partition coefficient (Wildman–Crippen LogP) is 19.9. The van der Waals surface area contributed by atoms with Crippen molar-refractivity contribution in [2.45, 2.75) is 157 Å². The third kappa shape index (κ3) is 11.9. The van der Waals surface area contributed by atoms with Gasteiger partial charge in [0.1, 0.15) is 11.5 Å². The molecule has 0 amide bonds. The molecule has 76 heavy (non-hydrogen) atoms. The SMILES string of the molecule is CCCCCCc1cc(C=C2C(=O)c3ccccc3C2=O)sc1-c1cc2c(OCC(CC)CCCC)c3sc(-c4sc(C=C5C(=O)c6ccccc6C5=O)cc4CCCCCC)cc3c(OCC(CC)CCCC)c2s1. The van der Waals surface area contributed by atoms with Crippen LogP contribution in [0.25, 0.3) is 51.8 Å². The molecule has 7 aromatic rings. The molecule has 10 heteroatoms. The molecule has 0 saturated heterocycles. The molecule has 0 N–H and O–H groups in total. The van der Waals surface area contributed by atoms with E-state index in [0.717, 1.165) is 154 Å². The Kier molecular flexibility index (Phi) is 18.9. The van der Waals surface area contributed by atoms with E-state index in [0.29, 0.717) is 47.3 Å². The van der Waals surface area contributed by atoms with Gasteiger partial charge in [-0.1, -0.05) is 167 Å². The Labute approximate surface area is 466 Å². The molecule has 4 aromatic heterocycles. The van der Waals surface area contributed by atoms with Gasteiger partial charge in [0.25, 0.3) is 0 Å². The molecule has 0 bridgehead atoms.